The summed E-state index contributed by atoms with van der Waals surface area (Å²) >= 11 is 0. The van der Waals surface area contributed by atoms with Gasteiger partial charge in [-0.2, -0.15) is 0 Å². The third-order valence-electron chi connectivity index (χ3n) is 4.33. The lowest BCUT2D eigenvalue weighted by molar-refractivity contribution is -0.142. The minimum Gasteiger partial charge on any atom is -0.480 e. The number of hydrogen-bond acceptors (Lipinski definition) is 3. The quantitative estimate of drug-likeness (QED) is 0.609. The number of hydrogen-bond donors (Lipinski definition) is 3. The van der Waals surface area contributed by atoms with Crippen LogP contribution in [0.1, 0.15) is 17.2 Å². The number of aliphatic carboxylic acids is 2. The third kappa shape index (κ3) is 3.90. The summed E-state index contributed by atoms with van der Waals surface area (Å²) < 4.78 is 0. The molecule has 5 heteroatoms. The van der Waals surface area contributed by atoms with Gasteiger partial charge in [-0.15, -0.1) is 0 Å². The van der Waals surface area contributed by atoms with Crippen LogP contribution in [0.3, 0.4) is 0 Å². The first-order chi connectivity index (χ1) is 12.6. The lowest BCUT2D eigenvalue weighted by atomic mass is 9.97. The molecular formula is C21H19NO4. The Hall–Kier alpha value is -3.18. The van der Waals surface area contributed by atoms with E-state index in [9.17, 15) is 19.8 Å². The highest BCUT2D eigenvalue weighted by Gasteiger charge is 2.28. The van der Waals surface area contributed by atoms with Crippen molar-refractivity contribution in [2.75, 3.05) is 0 Å². The molecule has 0 amide bonds. The summed E-state index contributed by atoms with van der Waals surface area (Å²) in [6, 6.07) is 19.9. The molecular weight excluding hydrogens is 330 g/mol. The molecule has 0 aliphatic rings. The number of benzene rings is 3. The summed E-state index contributed by atoms with van der Waals surface area (Å²) in [5.74, 6) is -2.19. The summed E-state index contributed by atoms with van der Waals surface area (Å²) in [6.07, 6.45) is 0.199. The van der Waals surface area contributed by atoms with Crippen LogP contribution in [0.15, 0.2) is 72.8 Å². The van der Waals surface area contributed by atoms with Crippen LogP contribution in [0.2, 0.25) is 0 Å². The molecule has 26 heavy (non-hydrogen) atoms. The number of carboxylic acid groups (broad SMARTS) is 2. The van der Waals surface area contributed by atoms with Gasteiger partial charge in [0.1, 0.15) is 12.1 Å². The fraction of sp³-hybridized carbons (Fsp3) is 0.143. The molecule has 0 heterocycles. The fourth-order valence-corrected chi connectivity index (χ4v) is 3.06. The zero-order valence-electron chi connectivity index (χ0n) is 14.0. The average Bonchev–Trinajstić information content (AvgIpc) is 2.65. The van der Waals surface area contributed by atoms with Crippen LogP contribution >= 0.6 is 0 Å². The molecule has 0 aliphatic heterocycles. The maximum atomic E-state index is 11.9. The SMILES string of the molecule is O=C(O)C(N[C@@H](Cc1ccccc1)C(=O)O)c1cccc2ccccc12. The second-order valence-corrected chi connectivity index (χ2v) is 6.09. The van der Waals surface area contributed by atoms with Gasteiger partial charge in [0.05, 0.1) is 0 Å². The van der Waals surface area contributed by atoms with Gasteiger partial charge in [-0.25, -0.2) is 0 Å². The zero-order valence-corrected chi connectivity index (χ0v) is 14.0. The van der Waals surface area contributed by atoms with Crippen molar-refractivity contribution < 1.29 is 19.8 Å². The molecule has 2 atom stereocenters. The number of carbonyl (C=O) groups is 2. The summed E-state index contributed by atoms with van der Waals surface area (Å²) in [5, 5.41) is 23.8. The van der Waals surface area contributed by atoms with Gasteiger partial charge in [0.25, 0.3) is 0 Å². The second kappa shape index (κ2) is 7.80. The Labute approximate surface area is 150 Å². The first-order valence-corrected chi connectivity index (χ1v) is 8.29. The molecule has 0 saturated heterocycles. The molecule has 0 aliphatic carbocycles. The van der Waals surface area contributed by atoms with Gasteiger partial charge in [0.15, 0.2) is 0 Å². The van der Waals surface area contributed by atoms with E-state index in [4.69, 9.17) is 0 Å². The Morgan fingerprint density at radius 3 is 2.15 bits per heavy atom. The predicted molar refractivity (Wildman–Crippen MR) is 99.0 cm³/mol. The maximum absolute atomic E-state index is 11.9. The van der Waals surface area contributed by atoms with Gasteiger partial charge in [-0.05, 0) is 28.3 Å². The number of rotatable bonds is 7. The summed E-state index contributed by atoms with van der Waals surface area (Å²) in [5.41, 5.74) is 1.38. The Balaban J connectivity index is 1.94. The van der Waals surface area contributed by atoms with E-state index in [-0.39, 0.29) is 6.42 Å². The molecule has 5 nitrogen and oxygen atoms in total. The minimum atomic E-state index is -1.12. The predicted octanol–water partition coefficient (Wildman–Crippen LogP) is 3.25. The van der Waals surface area contributed by atoms with Crippen LogP contribution < -0.4 is 5.32 Å². The Morgan fingerprint density at radius 2 is 1.46 bits per heavy atom. The molecule has 0 spiro atoms. The highest BCUT2D eigenvalue weighted by atomic mass is 16.4. The molecule has 3 aromatic carbocycles. The van der Waals surface area contributed by atoms with E-state index >= 15 is 0 Å². The van der Waals surface area contributed by atoms with E-state index in [1.807, 2.05) is 60.7 Å². The summed E-state index contributed by atoms with van der Waals surface area (Å²) in [4.78, 5) is 23.6. The van der Waals surface area contributed by atoms with E-state index < -0.39 is 24.0 Å². The number of fused-ring (bicyclic) bond motifs is 1. The van der Waals surface area contributed by atoms with E-state index in [0.29, 0.717) is 5.56 Å². The Bertz CT molecular complexity index is 918. The third-order valence-corrected chi connectivity index (χ3v) is 4.33. The van der Waals surface area contributed by atoms with E-state index in [0.717, 1.165) is 16.3 Å². The van der Waals surface area contributed by atoms with Crippen LogP contribution in [0, 0.1) is 0 Å². The first kappa shape index (κ1) is 17.6. The number of nitrogens with one attached hydrogen (secondary N) is 1. The highest BCUT2D eigenvalue weighted by Crippen LogP contribution is 2.25. The van der Waals surface area contributed by atoms with Gasteiger partial charge >= 0.3 is 11.9 Å². The van der Waals surface area contributed by atoms with Gasteiger partial charge in [0.2, 0.25) is 0 Å². The molecule has 132 valence electrons. The van der Waals surface area contributed by atoms with Gasteiger partial charge in [-0.3, -0.25) is 14.9 Å². The highest BCUT2D eigenvalue weighted by molar-refractivity contribution is 5.91. The molecule has 0 bridgehead atoms. The summed E-state index contributed by atoms with van der Waals surface area (Å²) in [6.45, 7) is 0. The molecule has 0 fully saturated rings. The molecule has 0 saturated carbocycles. The molecule has 3 N–H and O–H groups in total. The van der Waals surface area contributed by atoms with Crippen molar-refractivity contribution in [2.45, 2.75) is 18.5 Å². The van der Waals surface area contributed by atoms with Crippen molar-refractivity contribution >= 4 is 22.7 Å². The van der Waals surface area contributed by atoms with Crippen LogP contribution in [0.25, 0.3) is 10.8 Å². The monoisotopic (exact) mass is 349 g/mol. The molecule has 0 radical (unpaired) electrons. The maximum Gasteiger partial charge on any atom is 0.325 e. The van der Waals surface area contributed by atoms with E-state index in [2.05, 4.69) is 5.32 Å². The Morgan fingerprint density at radius 1 is 0.808 bits per heavy atom. The molecule has 1 unspecified atom stereocenters. The van der Waals surface area contributed by atoms with Crippen molar-refractivity contribution in [3.05, 3.63) is 83.9 Å². The van der Waals surface area contributed by atoms with Gasteiger partial charge in [-0.1, -0.05) is 72.8 Å². The lowest BCUT2D eigenvalue weighted by Gasteiger charge is -2.22. The number of carboxylic acids is 2. The zero-order chi connectivity index (χ0) is 18.5. The van der Waals surface area contributed by atoms with Crippen LogP contribution in [-0.2, 0) is 16.0 Å². The molecule has 3 aromatic rings. The largest absolute Gasteiger partial charge is 0.480 e. The van der Waals surface area contributed by atoms with Crippen molar-refractivity contribution in [1.82, 2.24) is 5.32 Å². The van der Waals surface area contributed by atoms with Crippen molar-refractivity contribution in [3.8, 4) is 0 Å². The van der Waals surface area contributed by atoms with Crippen LogP contribution in [0.5, 0.6) is 0 Å². The van der Waals surface area contributed by atoms with Gasteiger partial charge < -0.3 is 10.2 Å². The van der Waals surface area contributed by atoms with Gasteiger partial charge in [0, 0.05) is 0 Å². The minimum absolute atomic E-state index is 0.199. The van der Waals surface area contributed by atoms with E-state index in [1.54, 1.807) is 12.1 Å². The van der Waals surface area contributed by atoms with E-state index in [1.165, 1.54) is 0 Å². The molecule has 0 aromatic heterocycles. The van der Waals surface area contributed by atoms with Crippen LogP contribution in [-0.4, -0.2) is 28.2 Å². The summed E-state index contributed by atoms with van der Waals surface area (Å²) in [7, 11) is 0. The van der Waals surface area contributed by atoms with Crippen molar-refractivity contribution in [3.63, 3.8) is 0 Å². The molecule has 3 rings (SSSR count). The topological polar surface area (TPSA) is 86.6 Å². The second-order valence-electron chi connectivity index (χ2n) is 6.09. The standard InChI is InChI=1S/C21H19NO4/c23-20(24)18(13-14-7-2-1-3-8-14)22-19(21(25)26)17-12-6-10-15-9-4-5-11-16(15)17/h1-12,18-19,22H,13H2,(H,23,24)(H,25,26)/t18-,19?/m0/s1. The Kier molecular flexibility index (Phi) is 5.29. The normalized spacial score (nSPS) is 13.2. The van der Waals surface area contributed by atoms with Crippen molar-refractivity contribution in [2.24, 2.45) is 0 Å². The van der Waals surface area contributed by atoms with Crippen molar-refractivity contribution in [1.29, 1.82) is 0 Å². The average molecular weight is 349 g/mol. The van der Waals surface area contributed by atoms with Crippen LogP contribution in [0.4, 0.5) is 0 Å². The fourth-order valence-electron chi connectivity index (χ4n) is 3.06. The smallest absolute Gasteiger partial charge is 0.325 e. The first-order valence-electron chi connectivity index (χ1n) is 8.29. The lowest BCUT2D eigenvalue weighted by Crippen LogP contribution is -2.43.